The molecule has 2 rings (SSSR count). The van der Waals surface area contributed by atoms with Gasteiger partial charge in [-0.25, -0.2) is 0 Å². The van der Waals surface area contributed by atoms with Crippen LogP contribution in [0, 0.1) is 5.41 Å². The van der Waals surface area contributed by atoms with E-state index in [1.807, 2.05) is 6.92 Å². The van der Waals surface area contributed by atoms with Crippen LogP contribution in [-0.2, 0) is 0 Å². The molecule has 5 heteroatoms. The van der Waals surface area contributed by atoms with Crippen molar-refractivity contribution in [1.82, 2.24) is 10.1 Å². The molecule has 86 valence electrons. The van der Waals surface area contributed by atoms with Gasteiger partial charge in [-0.1, -0.05) is 25.9 Å². The molecule has 1 saturated carbocycles. The van der Waals surface area contributed by atoms with Gasteiger partial charge in [-0.15, -0.1) is 12.4 Å². The molecule has 0 radical (unpaired) electrons. The van der Waals surface area contributed by atoms with Gasteiger partial charge in [-0.2, -0.15) is 4.98 Å². The maximum absolute atomic E-state index is 5.81. The SMILES string of the molecule is CCC(N)c1noc([C@H]2CC2(C)C)n1.Cl. The lowest BCUT2D eigenvalue weighted by atomic mass is 10.1. The number of hydrogen-bond acceptors (Lipinski definition) is 4. The summed E-state index contributed by atoms with van der Waals surface area (Å²) in [7, 11) is 0. The lowest BCUT2D eigenvalue weighted by Crippen LogP contribution is -2.10. The predicted molar refractivity (Wildman–Crippen MR) is 59.9 cm³/mol. The highest BCUT2D eigenvalue weighted by Crippen LogP contribution is 2.58. The molecule has 2 N–H and O–H groups in total. The summed E-state index contributed by atoms with van der Waals surface area (Å²) in [6.07, 6.45) is 1.98. The topological polar surface area (TPSA) is 64.9 Å². The Morgan fingerprint density at radius 2 is 2.20 bits per heavy atom. The molecule has 1 fully saturated rings. The van der Waals surface area contributed by atoms with Crippen LogP contribution in [0.1, 0.15) is 57.3 Å². The molecule has 0 aromatic carbocycles. The van der Waals surface area contributed by atoms with E-state index in [4.69, 9.17) is 10.3 Å². The summed E-state index contributed by atoms with van der Waals surface area (Å²) in [4.78, 5) is 4.34. The molecular formula is C10H18ClN3O. The van der Waals surface area contributed by atoms with Gasteiger partial charge in [0, 0.05) is 5.92 Å². The van der Waals surface area contributed by atoms with Crippen LogP contribution in [0.2, 0.25) is 0 Å². The zero-order valence-electron chi connectivity index (χ0n) is 9.36. The second-order valence-corrected chi connectivity index (χ2v) is 4.75. The number of halogens is 1. The Kier molecular flexibility index (Phi) is 3.41. The minimum Gasteiger partial charge on any atom is -0.339 e. The Morgan fingerprint density at radius 3 is 2.67 bits per heavy atom. The Labute approximate surface area is 96.0 Å². The average molecular weight is 232 g/mol. The van der Waals surface area contributed by atoms with Gasteiger partial charge in [0.15, 0.2) is 5.82 Å². The summed E-state index contributed by atoms with van der Waals surface area (Å²) < 4.78 is 5.21. The highest BCUT2D eigenvalue weighted by molar-refractivity contribution is 5.85. The summed E-state index contributed by atoms with van der Waals surface area (Å²) in [6.45, 7) is 6.43. The summed E-state index contributed by atoms with van der Waals surface area (Å²) in [6, 6.07) is -0.0886. The van der Waals surface area contributed by atoms with E-state index in [0.717, 1.165) is 18.7 Å². The summed E-state index contributed by atoms with van der Waals surface area (Å²) in [5.41, 5.74) is 6.14. The first-order valence-corrected chi connectivity index (χ1v) is 5.13. The molecule has 1 aliphatic carbocycles. The number of hydrogen-bond donors (Lipinski definition) is 1. The zero-order valence-corrected chi connectivity index (χ0v) is 10.2. The standard InChI is InChI=1S/C10H17N3O.ClH/c1-4-7(11)8-12-9(14-13-8)6-5-10(6,2)3;/h6-7H,4-5,11H2,1-3H3;1H/t6-,7?;/m1./s1. The Bertz CT molecular complexity index is 337. The molecule has 1 aromatic heterocycles. The third-order valence-electron chi connectivity index (χ3n) is 3.04. The van der Waals surface area contributed by atoms with E-state index >= 15 is 0 Å². The fourth-order valence-electron chi connectivity index (χ4n) is 1.61. The number of rotatable bonds is 3. The lowest BCUT2D eigenvalue weighted by molar-refractivity contribution is 0.360. The lowest BCUT2D eigenvalue weighted by Gasteiger charge is -1.99. The van der Waals surface area contributed by atoms with Crippen molar-refractivity contribution >= 4 is 12.4 Å². The maximum atomic E-state index is 5.81. The molecule has 1 heterocycles. The number of nitrogens with two attached hydrogens (primary N) is 1. The summed E-state index contributed by atoms with van der Waals surface area (Å²) >= 11 is 0. The van der Waals surface area contributed by atoms with Gasteiger partial charge >= 0.3 is 0 Å². The van der Waals surface area contributed by atoms with E-state index in [0.29, 0.717) is 17.2 Å². The first kappa shape index (κ1) is 12.5. The van der Waals surface area contributed by atoms with E-state index in [1.54, 1.807) is 0 Å². The first-order chi connectivity index (χ1) is 6.54. The van der Waals surface area contributed by atoms with Gasteiger partial charge in [0.1, 0.15) is 0 Å². The molecule has 4 nitrogen and oxygen atoms in total. The highest BCUT2D eigenvalue weighted by Gasteiger charge is 2.50. The van der Waals surface area contributed by atoms with Gasteiger partial charge in [0.25, 0.3) is 0 Å². The normalized spacial score (nSPS) is 24.4. The largest absolute Gasteiger partial charge is 0.339 e. The Hall–Kier alpha value is -0.610. The molecule has 0 aliphatic heterocycles. The molecule has 0 bridgehead atoms. The van der Waals surface area contributed by atoms with E-state index in [2.05, 4.69) is 24.0 Å². The van der Waals surface area contributed by atoms with Crippen LogP contribution >= 0.6 is 12.4 Å². The molecule has 1 unspecified atom stereocenters. The van der Waals surface area contributed by atoms with Crippen LogP contribution in [0.15, 0.2) is 4.52 Å². The molecule has 0 spiro atoms. The average Bonchev–Trinajstić information content (AvgIpc) is 2.64. The van der Waals surface area contributed by atoms with Crippen molar-refractivity contribution in [1.29, 1.82) is 0 Å². The van der Waals surface area contributed by atoms with Gasteiger partial charge in [0.2, 0.25) is 5.89 Å². The second-order valence-electron chi connectivity index (χ2n) is 4.75. The minimum atomic E-state index is -0.0886. The van der Waals surface area contributed by atoms with E-state index < -0.39 is 0 Å². The van der Waals surface area contributed by atoms with Crippen molar-refractivity contribution in [3.63, 3.8) is 0 Å². The van der Waals surface area contributed by atoms with Crippen molar-refractivity contribution in [3.05, 3.63) is 11.7 Å². The number of nitrogens with zero attached hydrogens (tertiary/aromatic N) is 2. The van der Waals surface area contributed by atoms with Crippen molar-refractivity contribution < 1.29 is 4.52 Å². The van der Waals surface area contributed by atoms with E-state index in [9.17, 15) is 0 Å². The minimum absolute atomic E-state index is 0. The Morgan fingerprint density at radius 1 is 1.60 bits per heavy atom. The molecule has 0 amide bonds. The molecule has 15 heavy (non-hydrogen) atoms. The van der Waals surface area contributed by atoms with Crippen molar-refractivity contribution in [2.24, 2.45) is 11.1 Å². The van der Waals surface area contributed by atoms with Crippen LogP contribution in [0.25, 0.3) is 0 Å². The third kappa shape index (κ3) is 2.32. The van der Waals surface area contributed by atoms with Crippen LogP contribution in [0.5, 0.6) is 0 Å². The van der Waals surface area contributed by atoms with Crippen LogP contribution in [0.3, 0.4) is 0 Å². The highest BCUT2D eigenvalue weighted by atomic mass is 35.5. The fourth-order valence-corrected chi connectivity index (χ4v) is 1.61. The molecule has 1 aromatic rings. The van der Waals surface area contributed by atoms with E-state index in [-0.39, 0.29) is 18.4 Å². The third-order valence-corrected chi connectivity index (χ3v) is 3.04. The van der Waals surface area contributed by atoms with Gasteiger partial charge < -0.3 is 10.3 Å². The monoisotopic (exact) mass is 231 g/mol. The summed E-state index contributed by atoms with van der Waals surface area (Å²) in [5, 5.41) is 3.90. The van der Waals surface area contributed by atoms with Crippen LogP contribution in [-0.4, -0.2) is 10.1 Å². The molecule has 1 aliphatic rings. The zero-order chi connectivity index (χ0) is 10.3. The fraction of sp³-hybridized carbons (Fsp3) is 0.800. The first-order valence-electron chi connectivity index (χ1n) is 5.13. The van der Waals surface area contributed by atoms with Gasteiger partial charge in [0.05, 0.1) is 6.04 Å². The van der Waals surface area contributed by atoms with Crippen molar-refractivity contribution in [3.8, 4) is 0 Å². The van der Waals surface area contributed by atoms with Crippen LogP contribution in [0.4, 0.5) is 0 Å². The molecule has 0 saturated heterocycles. The maximum Gasteiger partial charge on any atom is 0.230 e. The quantitative estimate of drug-likeness (QED) is 0.868. The summed E-state index contributed by atoms with van der Waals surface area (Å²) in [5.74, 6) is 1.84. The molecule has 2 atom stereocenters. The van der Waals surface area contributed by atoms with E-state index in [1.165, 1.54) is 0 Å². The van der Waals surface area contributed by atoms with Crippen molar-refractivity contribution in [2.45, 2.75) is 45.6 Å². The van der Waals surface area contributed by atoms with Gasteiger partial charge in [-0.05, 0) is 18.3 Å². The Balaban J connectivity index is 0.00000112. The predicted octanol–water partition coefficient (Wildman–Crippen LogP) is 2.41. The molecular weight excluding hydrogens is 214 g/mol. The van der Waals surface area contributed by atoms with Crippen LogP contribution < -0.4 is 5.73 Å². The van der Waals surface area contributed by atoms with Crippen molar-refractivity contribution in [2.75, 3.05) is 0 Å². The number of aromatic nitrogens is 2. The van der Waals surface area contributed by atoms with Gasteiger partial charge in [-0.3, -0.25) is 0 Å². The second kappa shape index (κ2) is 4.10. The smallest absolute Gasteiger partial charge is 0.230 e.